The van der Waals surface area contributed by atoms with E-state index in [1.165, 1.54) is 0 Å². The number of rotatable bonds is 0. The molecule has 0 saturated heterocycles. The minimum absolute atomic E-state index is 0.0255. The lowest BCUT2D eigenvalue weighted by molar-refractivity contribution is 0.0816. The van der Waals surface area contributed by atoms with Crippen LogP contribution >= 0.6 is 0 Å². The summed E-state index contributed by atoms with van der Waals surface area (Å²) < 4.78 is 0. The highest BCUT2D eigenvalue weighted by atomic mass is 16.2. The van der Waals surface area contributed by atoms with Crippen LogP contribution in [0.4, 0.5) is 5.82 Å². The molecule has 62 valence electrons. The molecule has 0 saturated carbocycles. The number of hydrogen-bond donors (Lipinski definition) is 1. The lowest BCUT2D eigenvalue weighted by Crippen LogP contribution is -2.17. The Morgan fingerprint density at radius 2 is 2.33 bits per heavy atom. The van der Waals surface area contributed by atoms with E-state index in [2.05, 4.69) is 4.98 Å². The summed E-state index contributed by atoms with van der Waals surface area (Å²) in [6.45, 7) is 0.569. The third-order valence-corrected chi connectivity index (χ3v) is 1.96. The molecule has 0 spiro atoms. The monoisotopic (exact) mass is 163 g/mol. The Balaban J connectivity index is 2.54. The second-order valence-electron chi connectivity index (χ2n) is 2.89. The first-order chi connectivity index (χ1) is 5.68. The SMILES string of the molecule is CN1Cc2nc(N)ccc2C1=O. The maximum Gasteiger partial charge on any atom is 0.255 e. The van der Waals surface area contributed by atoms with Crippen molar-refractivity contribution in [1.29, 1.82) is 0 Å². The van der Waals surface area contributed by atoms with Gasteiger partial charge in [0.25, 0.3) is 5.91 Å². The summed E-state index contributed by atoms with van der Waals surface area (Å²) in [4.78, 5) is 17.0. The first-order valence-corrected chi connectivity index (χ1v) is 3.69. The highest BCUT2D eigenvalue weighted by Crippen LogP contribution is 2.19. The molecule has 2 rings (SSSR count). The van der Waals surface area contributed by atoms with E-state index in [9.17, 15) is 4.79 Å². The van der Waals surface area contributed by atoms with E-state index < -0.39 is 0 Å². The largest absolute Gasteiger partial charge is 0.384 e. The number of hydrogen-bond acceptors (Lipinski definition) is 3. The fraction of sp³-hybridized carbons (Fsp3) is 0.250. The first kappa shape index (κ1) is 7.09. The van der Waals surface area contributed by atoms with E-state index in [1.807, 2.05) is 0 Å². The Labute approximate surface area is 70.0 Å². The molecule has 12 heavy (non-hydrogen) atoms. The van der Waals surface area contributed by atoms with Gasteiger partial charge in [0, 0.05) is 7.05 Å². The Morgan fingerprint density at radius 1 is 1.58 bits per heavy atom. The lowest BCUT2D eigenvalue weighted by Gasteiger charge is -2.03. The summed E-state index contributed by atoms with van der Waals surface area (Å²) in [5, 5.41) is 0. The standard InChI is InChI=1S/C8H9N3O/c1-11-4-6-5(8(11)12)2-3-7(9)10-6/h2-3H,4H2,1H3,(H2,9,10). The molecule has 1 aromatic rings. The summed E-state index contributed by atoms with van der Waals surface area (Å²) in [5.74, 6) is 0.495. The molecule has 1 amide bonds. The molecule has 2 N–H and O–H groups in total. The molecule has 4 nitrogen and oxygen atoms in total. The Hall–Kier alpha value is -1.58. The minimum atomic E-state index is 0.0255. The lowest BCUT2D eigenvalue weighted by atomic mass is 10.2. The van der Waals surface area contributed by atoms with E-state index in [0.717, 1.165) is 5.69 Å². The molecular formula is C8H9N3O. The predicted octanol–water partition coefficient (Wildman–Crippen LogP) is 0.249. The molecular weight excluding hydrogens is 154 g/mol. The van der Waals surface area contributed by atoms with Crippen LogP contribution in [0.5, 0.6) is 0 Å². The number of nitrogens with two attached hydrogens (primary N) is 1. The van der Waals surface area contributed by atoms with Crippen molar-refractivity contribution in [1.82, 2.24) is 9.88 Å². The fourth-order valence-corrected chi connectivity index (χ4v) is 1.34. The van der Waals surface area contributed by atoms with Gasteiger partial charge in [0.1, 0.15) is 5.82 Å². The van der Waals surface area contributed by atoms with Crippen molar-refractivity contribution in [3.8, 4) is 0 Å². The Bertz CT molecular complexity index is 348. The maximum atomic E-state index is 11.4. The molecule has 0 aliphatic carbocycles. The van der Waals surface area contributed by atoms with Crippen LogP contribution in [0, 0.1) is 0 Å². The molecule has 0 atom stereocenters. The third-order valence-electron chi connectivity index (χ3n) is 1.96. The second-order valence-corrected chi connectivity index (χ2v) is 2.89. The van der Waals surface area contributed by atoms with Crippen LogP contribution in [0.3, 0.4) is 0 Å². The number of carbonyl (C=O) groups is 1. The first-order valence-electron chi connectivity index (χ1n) is 3.69. The smallest absolute Gasteiger partial charge is 0.255 e. The van der Waals surface area contributed by atoms with Gasteiger partial charge in [0.05, 0.1) is 17.8 Å². The quantitative estimate of drug-likeness (QED) is 0.596. The summed E-state index contributed by atoms with van der Waals surface area (Å²) in [5.41, 5.74) is 6.93. The molecule has 1 aromatic heterocycles. The van der Waals surface area contributed by atoms with E-state index in [4.69, 9.17) is 5.73 Å². The zero-order valence-electron chi connectivity index (χ0n) is 6.74. The van der Waals surface area contributed by atoms with Gasteiger partial charge in [-0.05, 0) is 12.1 Å². The molecule has 0 aromatic carbocycles. The topological polar surface area (TPSA) is 59.2 Å². The van der Waals surface area contributed by atoms with Gasteiger partial charge in [-0.1, -0.05) is 0 Å². The summed E-state index contributed by atoms with van der Waals surface area (Å²) in [6, 6.07) is 3.37. The van der Waals surface area contributed by atoms with Gasteiger partial charge in [-0.3, -0.25) is 4.79 Å². The van der Waals surface area contributed by atoms with Crippen LogP contribution < -0.4 is 5.73 Å². The van der Waals surface area contributed by atoms with Gasteiger partial charge in [0.15, 0.2) is 0 Å². The Kier molecular flexibility index (Phi) is 1.30. The number of carbonyl (C=O) groups excluding carboxylic acids is 1. The number of amides is 1. The number of pyridine rings is 1. The third kappa shape index (κ3) is 0.845. The fourth-order valence-electron chi connectivity index (χ4n) is 1.34. The van der Waals surface area contributed by atoms with Gasteiger partial charge < -0.3 is 10.6 Å². The van der Waals surface area contributed by atoms with Crippen molar-refractivity contribution >= 4 is 11.7 Å². The van der Waals surface area contributed by atoms with Crippen molar-refractivity contribution in [2.45, 2.75) is 6.54 Å². The number of nitrogens with zero attached hydrogens (tertiary/aromatic N) is 2. The number of fused-ring (bicyclic) bond motifs is 1. The predicted molar refractivity (Wildman–Crippen MR) is 44.4 cm³/mol. The van der Waals surface area contributed by atoms with Crippen molar-refractivity contribution in [2.75, 3.05) is 12.8 Å². The molecule has 4 heteroatoms. The van der Waals surface area contributed by atoms with Crippen molar-refractivity contribution in [3.05, 3.63) is 23.4 Å². The Morgan fingerprint density at radius 3 is 3.08 bits per heavy atom. The zero-order chi connectivity index (χ0) is 8.72. The van der Waals surface area contributed by atoms with Gasteiger partial charge in [-0.2, -0.15) is 0 Å². The van der Waals surface area contributed by atoms with E-state index >= 15 is 0 Å². The van der Waals surface area contributed by atoms with Crippen LogP contribution in [-0.4, -0.2) is 22.8 Å². The highest BCUT2D eigenvalue weighted by Gasteiger charge is 2.25. The molecule has 2 heterocycles. The van der Waals surface area contributed by atoms with E-state index in [1.54, 1.807) is 24.1 Å². The minimum Gasteiger partial charge on any atom is -0.384 e. The number of aromatic nitrogens is 1. The van der Waals surface area contributed by atoms with Gasteiger partial charge in [0.2, 0.25) is 0 Å². The average Bonchev–Trinajstić information content (AvgIpc) is 2.28. The second kappa shape index (κ2) is 2.20. The summed E-state index contributed by atoms with van der Waals surface area (Å²) >= 11 is 0. The van der Waals surface area contributed by atoms with E-state index in [0.29, 0.717) is 17.9 Å². The van der Waals surface area contributed by atoms with Gasteiger partial charge >= 0.3 is 0 Å². The highest BCUT2D eigenvalue weighted by molar-refractivity contribution is 5.97. The van der Waals surface area contributed by atoms with Crippen LogP contribution in [0.1, 0.15) is 16.1 Å². The zero-order valence-corrected chi connectivity index (χ0v) is 6.74. The molecule has 1 aliphatic heterocycles. The normalized spacial score (nSPS) is 15.1. The van der Waals surface area contributed by atoms with Crippen LogP contribution in [-0.2, 0) is 6.54 Å². The van der Waals surface area contributed by atoms with Crippen molar-refractivity contribution < 1.29 is 4.79 Å². The molecule has 0 radical (unpaired) electrons. The van der Waals surface area contributed by atoms with Crippen LogP contribution in [0.15, 0.2) is 12.1 Å². The van der Waals surface area contributed by atoms with Crippen LogP contribution in [0.2, 0.25) is 0 Å². The summed E-state index contributed by atoms with van der Waals surface area (Å²) in [6.07, 6.45) is 0. The number of nitrogen functional groups attached to an aromatic ring is 1. The van der Waals surface area contributed by atoms with Crippen molar-refractivity contribution in [2.24, 2.45) is 0 Å². The molecule has 1 aliphatic rings. The molecule has 0 unspecified atom stereocenters. The van der Waals surface area contributed by atoms with E-state index in [-0.39, 0.29) is 5.91 Å². The van der Waals surface area contributed by atoms with Crippen molar-refractivity contribution in [3.63, 3.8) is 0 Å². The molecule has 0 fully saturated rings. The van der Waals surface area contributed by atoms with Gasteiger partial charge in [-0.15, -0.1) is 0 Å². The van der Waals surface area contributed by atoms with Gasteiger partial charge in [-0.25, -0.2) is 4.98 Å². The number of anilines is 1. The van der Waals surface area contributed by atoms with Crippen LogP contribution in [0.25, 0.3) is 0 Å². The average molecular weight is 163 g/mol. The molecule has 0 bridgehead atoms. The summed E-state index contributed by atoms with van der Waals surface area (Å²) in [7, 11) is 1.75. The maximum absolute atomic E-state index is 11.4.